The van der Waals surface area contributed by atoms with Crippen molar-refractivity contribution in [1.82, 2.24) is 5.73 Å². The van der Waals surface area contributed by atoms with Gasteiger partial charge in [0.1, 0.15) is 0 Å². The van der Waals surface area contributed by atoms with Gasteiger partial charge in [-0.1, -0.05) is 6.07 Å². The van der Waals surface area contributed by atoms with Crippen LogP contribution in [0.25, 0.3) is 0 Å². The number of benzene rings is 1. The number of anilines is 1. The first kappa shape index (κ1) is 6.97. The van der Waals surface area contributed by atoms with Crippen LogP contribution in [0.15, 0.2) is 18.2 Å². The third kappa shape index (κ3) is 0.972. The van der Waals surface area contributed by atoms with Gasteiger partial charge in [0.25, 0.3) is 5.91 Å². The van der Waals surface area contributed by atoms with Crippen LogP contribution in [0.2, 0.25) is 0 Å². The van der Waals surface area contributed by atoms with Crippen LogP contribution < -0.4 is 15.8 Å². The van der Waals surface area contributed by atoms with Crippen molar-refractivity contribution < 1.29 is 9.53 Å². The van der Waals surface area contributed by atoms with Gasteiger partial charge in [0.05, 0.1) is 11.4 Å². The highest BCUT2D eigenvalue weighted by Gasteiger charge is 2.17. The molecule has 0 aliphatic carbocycles. The monoisotopic (exact) mass is 163 g/mol. The number of amides is 1. The van der Waals surface area contributed by atoms with E-state index < -0.39 is 0 Å². The molecule has 1 aliphatic heterocycles. The largest absolute Gasteiger partial charge is 0.479 e. The van der Waals surface area contributed by atoms with Crippen LogP contribution in [-0.4, -0.2) is 12.5 Å². The van der Waals surface area contributed by atoms with E-state index >= 15 is 0 Å². The van der Waals surface area contributed by atoms with E-state index in [9.17, 15) is 4.79 Å². The fourth-order valence-electron chi connectivity index (χ4n) is 1.11. The number of hydrogen-bond acceptors (Lipinski definition) is 2. The topological polar surface area (TPSA) is 62.1 Å². The normalized spacial score (nSPS) is 14.5. The van der Waals surface area contributed by atoms with E-state index in [0.29, 0.717) is 17.1 Å². The van der Waals surface area contributed by atoms with Crippen LogP contribution in [0.1, 0.15) is 0 Å². The van der Waals surface area contributed by atoms with E-state index in [2.05, 4.69) is 5.32 Å². The molecule has 1 aromatic carbocycles. The summed E-state index contributed by atoms with van der Waals surface area (Å²) in [4.78, 5) is 10.8. The Morgan fingerprint density at radius 1 is 1.50 bits per heavy atom. The summed E-state index contributed by atoms with van der Waals surface area (Å²) in [6.45, 7) is 0.00287. The van der Waals surface area contributed by atoms with Crippen LogP contribution >= 0.6 is 0 Å². The van der Waals surface area contributed by atoms with Crippen molar-refractivity contribution in [2.45, 2.75) is 0 Å². The summed E-state index contributed by atoms with van der Waals surface area (Å²) < 4.78 is 5.07. The molecular formula is C8H7N2O2. The molecule has 1 amide bonds. The lowest BCUT2D eigenvalue weighted by atomic mass is 10.2. The molecule has 4 heteroatoms. The van der Waals surface area contributed by atoms with Gasteiger partial charge in [0.2, 0.25) is 0 Å². The Balaban J connectivity index is 2.48. The molecule has 1 aromatic rings. The van der Waals surface area contributed by atoms with Crippen LogP contribution in [0.4, 0.5) is 11.4 Å². The van der Waals surface area contributed by atoms with Gasteiger partial charge in [-0.15, -0.1) is 0 Å². The van der Waals surface area contributed by atoms with E-state index in [-0.39, 0.29) is 12.5 Å². The second-order valence-electron chi connectivity index (χ2n) is 2.52. The lowest BCUT2D eigenvalue weighted by molar-refractivity contribution is -0.118. The maximum absolute atomic E-state index is 10.8. The quantitative estimate of drug-likeness (QED) is 0.618. The number of nitrogens with one attached hydrogen (secondary N) is 2. The zero-order valence-electron chi connectivity index (χ0n) is 6.26. The summed E-state index contributed by atoms with van der Waals surface area (Å²) in [6, 6.07) is 5.04. The molecule has 12 heavy (non-hydrogen) atoms. The molecule has 1 aliphatic rings. The van der Waals surface area contributed by atoms with Gasteiger partial charge < -0.3 is 10.1 Å². The van der Waals surface area contributed by atoms with Crippen LogP contribution in [-0.2, 0) is 4.79 Å². The van der Waals surface area contributed by atoms with Crippen molar-refractivity contribution in [3.8, 4) is 5.75 Å². The predicted molar refractivity (Wildman–Crippen MR) is 43.3 cm³/mol. The molecule has 4 nitrogen and oxygen atoms in total. The Labute approximate surface area is 69.3 Å². The third-order valence-corrected chi connectivity index (χ3v) is 1.64. The fourth-order valence-corrected chi connectivity index (χ4v) is 1.11. The van der Waals surface area contributed by atoms with E-state index in [1.54, 1.807) is 18.2 Å². The fraction of sp³-hybridized carbons (Fsp3) is 0.125. The molecule has 0 saturated heterocycles. The number of rotatable bonds is 0. The summed E-state index contributed by atoms with van der Waals surface area (Å²) in [6.07, 6.45) is 0. The van der Waals surface area contributed by atoms with Gasteiger partial charge >= 0.3 is 0 Å². The third-order valence-electron chi connectivity index (χ3n) is 1.64. The number of fused-ring (bicyclic) bond motifs is 1. The molecule has 61 valence electrons. The molecule has 0 fully saturated rings. The molecule has 0 aromatic heterocycles. The lowest BCUT2D eigenvalue weighted by Crippen LogP contribution is -2.25. The number of carbonyl (C=O) groups is 1. The highest BCUT2D eigenvalue weighted by molar-refractivity contribution is 5.96. The van der Waals surface area contributed by atoms with Gasteiger partial charge in [0.15, 0.2) is 12.4 Å². The van der Waals surface area contributed by atoms with Gasteiger partial charge in [-0.2, -0.15) is 0 Å². The van der Waals surface area contributed by atoms with Gasteiger partial charge in [-0.3, -0.25) is 10.5 Å². The van der Waals surface area contributed by atoms with Crippen molar-refractivity contribution in [2.24, 2.45) is 0 Å². The SMILES string of the molecule is [NH]c1cccc2c1OCC(=O)N2. The van der Waals surface area contributed by atoms with Gasteiger partial charge in [-0.05, 0) is 12.1 Å². The van der Waals surface area contributed by atoms with E-state index in [4.69, 9.17) is 10.5 Å². The summed E-state index contributed by atoms with van der Waals surface area (Å²) in [5, 5.41) is 2.62. The van der Waals surface area contributed by atoms with Crippen molar-refractivity contribution in [2.75, 3.05) is 11.9 Å². The molecule has 1 radical (unpaired) electrons. The van der Waals surface area contributed by atoms with E-state index in [0.717, 1.165) is 0 Å². The Morgan fingerprint density at radius 2 is 2.33 bits per heavy atom. The summed E-state index contributed by atoms with van der Waals surface area (Å²) in [5.74, 6) is 0.283. The minimum Gasteiger partial charge on any atom is -0.479 e. The van der Waals surface area contributed by atoms with Crippen molar-refractivity contribution in [1.29, 1.82) is 0 Å². The minimum absolute atomic E-state index is 0.00287. The number of carbonyl (C=O) groups excluding carboxylic acids is 1. The molecule has 0 saturated carbocycles. The van der Waals surface area contributed by atoms with Gasteiger partial charge in [-0.25, -0.2) is 0 Å². The molecule has 2 rings (SSSR count). The molecule has 0 unspecified atom stereocenters. The van der Waals surface area contributed by atoms with E-state index in [1.165, 1.54) is 0 Å². The number of para-hydroxylation sites is 1. The second-order valence-corrected chi connectivity index (χ2v) is 2.52. The zero-order chi connectivity index (χ0) is 8.55. The molecule has 0 atom stereocenters. The lowest BCUT2D eigenvalue weighted by Gasteiger charge is -2.18. The Hall–Kier alpha value is -1.71. The van der Waals surface area contributed by atoms with E-state index in [1.807, 2.05) is 0 Å². The van der Waals surface area contributed by atoms with Crippen LogP contribution in [0.3, 0.4) is 0 Å². The molecule has 0 bridgehead atoms. The Bertz CT molecular complexity index is 336. The van der Waals surface area contributed by atoms with Crippen molar-refractivity contribution in [3.05, 3.63) is 18.2 Å². The first-order chi connectivity index (χ1) is 5.77. The average Bonchev–Trinajstić information content (AvgIpc) is 2.04. The van der Waals surface area contributed by atoms with Crippen molar-refractivity contribution >= 4 is 17.3 Å². The van der Waals surface area contributed by atoms with Crippen LogP contribution in [0, 0.1) is 0 Å². The maximum atomic E-state index is 10.8. The summed E-state index contributed by atoms with van der Waals surface area (Å²) in [5.41, 5.74) is 8.32. The minimum atomic E-state index is -0.173. The maximum Gasteiger partial charge on any atom is 0.262 e. The molecular weight excluding hydrogens is 156 g/mol. The standard InChI is InChI=1S/C8H7N2O2/c9-5-2-1-3-6-8(5)12-4-7(11)10-6/h1-3,9H,4H2,(H,10,11). The summed E-state index contributed by atoms with van der Waals surface area (Å²) >= 11 is 0. The van der Waals surface area contributed by atoms with Crippen molar-refractivity contribution in [3.63, 3.8) is 0 Å². The highest BCUT2D eigenvalue weighted by atomic mass is 16.5. The first-order valence-electron chi connectivity index (χ1n) is 3.54. The number of ether oxygens (including phenoxy) is 1. The molecule has 1 heterocycles. The molecule has 0 spiro atoms. The Kier molecular flexibility index (Phi) is 1.40. The highest BCUT2D eigenvalue weighted by Crippen LogP contribution is 2.33. The van der Waals surface area contributed by atoms with Crippen LogP contribution in [0.5, 0.6) is 5.75 Å². The number of hydrogen-bond donors (Lipinski definition) is 1. The zero-order valence-corrected chi connectivity index (χ0v) is 6.26. The molecule has 2 N–H and O–H groups in total. The average molecular weight is 163 g/mol. The van der Waals surface area contributed by atoms with Gasteiger partial charge in [0, 0.05) is 0 Å². The second kappa shape index (κ2) is 2.41. The first-order valence-corrected chi connectivity index (χ1v) is 3.54. The predicted octanol–water partition coefficient (Wildman–Crippen LogP) is 0.932. The summed E-state index contributed by atoms with van der Waals surface area (Å²) in [7, 11) is 0. The Morgan fingerprint density at radius 3 is 3.17 bits per heavy atom. The smallest absolute Gasteiger partial charge is 0.262 e.